The molecule has 10 heavy (non-hydrogen) atoms. The van der Waals surface area contributed by atoms with Gasteiger partial charge in [0.25, 0.3) is 0 Å². The van der Waals surface area contributed by atoms with Crippen molar-refractivity contribution in [2.75, 3.05) is 12.3 Å². The van der Waals surface area contributed by atoms with Gasteiger partial charge >= 0.3 is 0 Å². The van der Waals surface area contributed by atoms with Gasteiger partial charge in [-0.25, -0.2) is 0 Å². The normalized spacial score (nSPS) is 13.4. The Bertz CT molecular complexity index is 168. The van der Waals surface area contributed by atoms with Crippen LogP contribution in [0.25, 0.3) is 0 Å². The second-order valence-corrected chi connectivity index (χ2v) is 3.48. The van der Waals surface area contributed by atoms with Crippen molar-refractivity contribution in [2.45, 2.75) is 5.92 Å². The van der Waals surface area contributed by atoms with Crippen molar-refractivity contribution in [3.8, 4) is 0 Å². The van der Waals surface area contributed by atoms with Crippen LogP contribution in [0.15, 0.2) is 17.5 Å². The topological polar surface area (TPSA) is 26.0 Å². The van der Waals surface area contributed by atoms with Crippen LogP contribution < -0.4 is 5.73 Å². The average Bonchev–Trinajstić information content (AvgIpc) is 2.43. The molecule has 0 aromatic carbocycles. The number of hydrogen-bond donors (Lipinski definition) is 2. The van der Waals surface area contributed by atoms with Crippen LogP contribution in [-0.4, -0.2) is 12.3 Å². The first-order chi connectivity index (χ1) is 4.88. The van der Waals surface area contributed by atoms with Gasteiger partial charge in [0.1, 0.15) is 0 Å². The van der Waals surface area contributed by atoms with Gasteiger partial charge in [-0.2, -0.15) is 12.6 Å². The summed E-state index contributed by atoms with van der Waals surface area (Å²) in [5.41, 5.74) is 5.53. The molecule has 1 unspecified atom stereocenters. The summed E-state index contributed by atoms with van der Waals surface area (Å²) >= 11 is 5.96. The third kappa shape index (κ3) is 1.75. The Morgan fingerprint density at radius 1 is 1.70 bits per heavy atom. The van der Waals surface area contributed by atoms with Crippen LogP contribution in [0.2, 0.25) is 0 Å². The Morgan fingerprint density at radius 3 is 2.90 bits per heavy atom. The molecule has 1 atom stereocenters. The number of hydrogen-bond acceptors (Lipinski definition) is 3. The van der Waals surface area contributed by atoms with Crippen molar-refractivity contribution in [1.29, 1.82) is 0 Å². The average molecular weight is 173 g/mol. The molecule has 3 heteroatoms. The first kappa shape index (κ1) is 8.11. The van der Waals surface area contributed by atoms with Crippen LogP contribution in [0.1, 0.15) is 10.8 Å². The van der Waals surface area contributed by atoms with E-state index in [0.29, 0.717) is 12.5 Å². The van der Waals surface area contributed by atoms with Crippen molar-refractivity contribution in [2.24, 2.45) is 5.73 Å². The zero-order valence-electron chi connectivity index (χ0n) is 5.66. The van der Waals surface area contributed by atoms with Gasteiger partial charge in [-0.3, -0.25) is 0 Å². The van der Waals surface area contributed by atoms with Crippen LogP contribution in [-0.2, 0) is 0 Å². The molecular formula is C7H11NS2. The van der Waals surface area contributed by atoms with Crippen LogP contribution in [0.4, 0.5) is 0 Å². The van der Waals surface area contributed by atoms with Crippen molar-refractivity contribution in [1.82, 2.24) is 0 Å². The SMILES string of the molecule is NCC(CS)c1cccs1. The first-order valence-corrected chi connectivity index (χ1v) is 4.74. The van der Waals surface area contributed by atoms with Crippen LogP contribution in [0.3, 0.4) is 0 Å². The smallest absolute Gasteiger partial charge is 0.0144 e. The standard InChI is InChI=1S/C7H11NS2/c8-4-6(5-9)7-2-1-3-10-7/h1-3,6,9H,4-5,8H2. The van der Waals surface area contributed by atoms with Gasteiger partial charge in [-0.1, -0.05) is 6.07 Å². The maximum atomic E-state index is 5.53. The second kappa shape index (κ2) is 4.01. The summed E-state index contributed by atoms with van der Waals surface area (Å²) in [5.74, 6) is 1.29. The third-order valence-corrected chi connectivity index (χ3v) is 2.93. The highest BCUT2D eigenvalue weighted by Gasteiger charge is 2.06. The van der Waals surface area contributed by atoms with Gasteiger partial charge in [0.2, 0.25) is 0 Å². The fourth-order valence-corrected chi connectivity index (χ4v) is 2.12. The molecular weight excluding hydrogens is 162 g/mol. The molecule has 1 aromatic rings. The van der Waals surface area contributed by atoms with Crippen molar-refractivity contribution >= 4 is 24.0 Å². The van der Waals surface area contributed by atoms with Gasteiger partial charge in [0.05, 0.1) is 0 Å². The minimum atomic E-state index is 0.448. The van der Waals surface area contributed by atoms with Crippen LogP contribution in [0.5, 0.6) is 0 Å². The molecule has 0 saturated carbocycles. The number of nitrogens with two attached hydrogens (primary N) is 1. The van der Waals surface area contributed by atoms with Crippen LogP contribution in [0, 0.1) is 0 Å². The van der Waals surface area contributed by atoms with Crippen LogP contribution >= 0.6 is 24.0 Å². The number of thiophene rings is 1. The number of rotatable bonds is 3. The minimum absolute atomic E-state index is 0.448. The van der Waals surface area contributed by atoms with Gasteiger partial charge < -0.3 is 5.73 Å². The van der Waals surface area contributed by atoms with Gasteiger partial charge in [-0.05, 0) is 17.2 Å². The van der Waals surface area contributed by atoms with Gasteiger partial charge in [0, 0.05) is 17.3 Å². The second-order valence-electron chi connectivity index (χ2n) is 2.13. The summed E-state index contributed by atoms with van der Waals surface area (Å²) < 4.78 is 0. The summed E-state index contributed by atoms with van der Waals surface area (Å²) in [7, 11) is 0. The van der Waals surface area contributed by atoms with E-state index in [-0.39, 0.29) is 0 Å². The lowest BCUT2D eigenvalue weighted by Crippen LogP contribution is -2.12. The summed E-state index contributed by atoms with van der Waals surface area (Å²) in [6.07, 6.45) is 0. The van der Waals surface area contributed by atoms with E-state index in [0.717, 1.165) is 5.75 Å². The largest absolute Gasteiger partial charge is 0.330 e. The Morgan fingerprint density at radius 2 is 2.50 bits per heavy atom. The first-order valence-electron chi connectivity index (χ1n) is 3.22. The fourth-order valence-electron chi connectivity index (χ4n) is 0.804. The molecule has 1 rings (SSSR count). The Hall–Kier alpha value is 0.01000. The minimum Gasteiger partial charge on any atom is -0.330 e. The monoisotopic (exact) mass is 173 g/mol. The van der Waals surface area contributed by atoms with Crippen molar-refractivity contribution in [3.63, 3.8) is 0 Å². The zero-order chi connectivity index (χ0) is 7.40. The molecule has 0 amide bonds. The molecule has 0 aliphatic heterocycles. The lowest BCUT2D eigenvalue weighted by molar-refractivity contribution is 0.803. The van der Waals surface area contributed by atoms with E-state index in [1.54, 1.807) is 11.3 Å². The van der Waals surface area contributed by atoms with E-state index in [1.807, 2.05) is 6.07 Å². The number of thiol groups is 1. The van der Waals surface area contributed by atoms with E-state index in [2.05, 4.69) is 24.1 Å². The highest BCUT2D eigenvalue weighted by Crippen LogP contribution is 2.20. The van der Waals surface area contributed by atoms with E-state index in [9.17, 15) is 0 Å². The molecule has 1 heterocycles. The zero-order valence-corrected chi connectivity index (χ0v) is 7.37. The molecule has 2 N–H and O–H groups in total. The molecule has 0 saturated heterocycles. The maximum Gasteiger partial charge on any atom is 0.0144 e. The molecule has 1 aromatic heterocycles. The molecule has 0 radical (unpaired) electrons. The maximum absolute atomic E-state index is 5.53. The Balaban J connectivity index is 2.64. The predicted molar refractivity (Wildman–Crippen MR) is 50.0 cm³/mol. The molecule has 1 nitrogen and oxygen atoms in total. The van der Waals surface area contributed by atoms with E-state index in [1.165, 1.54) is 4.88 Å². The molecule has 56 valence electrons. The lowest BCUT2D eigenvalue weighted by atomic mass is 10.1. The van der Waals surface area contributed by atoms with E-state index in [4.69, 9.17) is 5.73 Å². The fraction of sp³-hybridized carbons (Fsp3) is 0.429. The molecule has 0 spiro atoms. The highest BCUT2D eigenvalue weighted by molar-refractivity contribution is 7.80. The lowest BCUT2D eigenvalue weighted by Gasteiger charge is -2.07. The van der Waals surface area contributed by atoms with Gasteiger partial charge in [-0.15, -0.1) is 11.3 Å². The molecule has 0 fully saturated rings. The summed E-state index contributed by atoms with van der Waals surface area (Å²) in [6.45, 7) is 0.698. The van der Waals surface area contributed by atoms with Crippen molar-refractivity contribution < 1.29 is 0 Å². The van der Waals surface area contributed by atoms with Gasteiger partial charge in [0.15, 0.2) is 0 Å². The predicted octanol–water partition coefficient (Wildman–Crippen LogP) is 1.72. The quantitative estimate of drug-likeness (QED) is 0.669. The summed E-state index contributed by atoms with van der Waals surface area (Å²) in [4.78, 5) is 1.34. The molecule has 0 aliphatic carbocycles. The third-order valence-electron chi connectivity index (χ3n) is 1.45. The van der Waals surface area contributed by atoms with E-state index >= 15 is 0 Å². The molecule has 0 bridgehead atoms. The molecule has 0 aliphatic rings. The highest BCUT2D eigenvalue weighted by atomic mass is 32.1. The van der Waals surface area contributed by atoms with Crippen molar-refractivity contribution in [3.05, 3.63) is 22.4 Å². The Kier molecular flexibility index (Phi) is 3.25. The summed E-state index contributed by atoms with van der Waals surface area (Å²) in [6, 6.07) is 4.16. The van der Waals surface area contributed by atoms with E-state index < -0.39 is 0 Å². The Labute approximate surface area is 70.7 Å². The summed E-state index contributed by atoms with van der Waals surface area (Å²) in [5, 5.41) is 2.07.